The topological polar surface area (TPSA) is 60.9 Å². The van der Waals surface area contributed by atoms with E-state index in [1.807, 2.05) is 54.6 Å². The van der Waals surface area contributed by atoms with E-state index in [9.17, 15) is 4.79 Å². The van der Waals surface area contributed by atoms with E-state index < -0.39 is 0 Å². The number of para-hydroxylation sites is 1. The Morgan fingerprint density at radius 2 is 1.64 bits per heavy atom. The van der Waals surface area contributed by atoms with E-state index in [4.69, 9.17) is 5.73 Å². The lowest BCUT2D eigenvalue weighted by Gasteiger charge is -2.19. The highest BCUT2D eigenvalue weighted by Gasteiger charge is 2.15. The molecule has 0 aliphatic heterocycles. The van der Waals surface area contributed by atoms with Crippen LogP contribution < -0.4 is 11.3 Å². The van der Waals surface area contributed by atoms with Crippen molar-refractivity contribution in [1.82, 2.24) is 9.55 Å². The van der Waals surface area contributed by atoms with Gasteiger partial charge in [-0.05, 0) is 35.2 Å². The third-order valence-electron chi connectivity index (χ3n) is 5.13. The van der Waals surface area contributed by atoms with E-state index >= 15 is 0 Å². The fraction of sp³-hybridized carbons (Fsp3) is 0.167. The second-order valence-electron chi connectivity index (χ2n) is 7.06. The molecule has 1 heterocycles. The number of nitrogens with two attached hydrogens (primary N) is 1. The molecule has 0 aliphatic rings. The third-order valence-corrected chi connectivity index (χ3v) is 5.13. The van der Waals surface area contributed by atoms with E-state index in [0.717, 1.165) is 17.5 Å². The molecule has 0 amide bonds. The summed E-state index contributed by atoms with van der Waals surface area (Å²) in [5.41, 5.74) is 10.1. The number of rotatable bonds is 6. The van der Waals surface area contributed by atoms with Crippen LogP contribution in [0.1, 0.15) is 22.6 Å². The molecular weight excluding hydrogens is 346 g/mol. The van der Waals surface area contributed by atoms with Gasteiger partial charge in [0.15, 0.2) is 0 Å². The van der Waals surface area contributed by atoms with Crippen LogP contribution in [0.3, 0.4) is 0 Å². The zero-order valence-electron chi connectivity index (χ0n) is 15.7. The molecule has 0 aliphatic carbocycles. The predicted molar refractivity (Wildman–Crippen MR) is 113 cm³/mol. The van der Waals surface area contributed by atoms with Gasteiger partial charge in [0.1, 0.15) is 0 Å². The summed E-state index contributed by atoms with van der Waals surface area (Å²) in [5, 5.41) is 0.655. The molecule has 0 saturated carbocycles. The second kappa shape index (κ2) is 8.19. The van der Waals surface area contributed by atoms with Gasteiger partial charge < -0.3 is 5.73 Å². The largest absolute Gasteiger partial charge is 0.326 e. The van der Waals surface area contributed by atoms with Crippen molar-refractivity contribution in [2.75, 3.05) is 0 Å². The van der Waals surface area contributed by atoms with E-state index in [2.05, 4.69) is 29.2 Å². The minimum atomic E-state index is 0.00207. The van der Waals surface area contributed by atoms with Crippen LogP contribution in [-0.4, -0.2) is 9.55 Å². The molecule has 1 atom stereocenters. The first kappa shape index (κ1) is 18.1. The van der Waals surface area contributed by atoms with E-state index in [-0.39, 0.29) is 11.5 Å². The summed E-state index contributed by atoms with van der Waals surface area (Å²) < 4.78 is 1.73. The molecule has 1 unspecified atom stereocenters. The minimum absolute atomic E-state index is 0.00207. The Labute approximate surface area is 164 Å². The summed E-state index contributed by atoms with van der Waals surface area (Å²) >= 11 is 0. The Kier molecular flexibility index (Phi) is 5.31. The van der Waals surface area contributed by atoms with E-state index in [1.54, 1.807) is 10.9 Å². The molecule has 4 rings (SSSR count). The number of hydrogen-bond donors (Lipinski definition) is 1. The Bertz CT molecular complexity index is 1140. The first-order valence-corrected chi connectivity index (χ1v) is 9.51. The number of benzene rings is 3. The molecule has 3 aromatic carbocycles. The van der Waals surface area contributed by atoms with E-state index in [0.29, 0.717) is 18.5 Å². The van der Waals surface area contributed by atoms with Gasteiger partial charge in [-0.25, -0.2) is 4.98 Å². The highest BCUT2D eigenvalue weighted by atomic mass is 16.1. The van der Waals surface area contributed by atoms with Crippen LogP contribution in [0.15, 0.2) is 90.0 Å². The van der Waals surface area contributed by atoms with Gasteiger partial charge in [0.2, 0.25) is 0 Å². The average molecular weight is 369 g/mol. The molecule has 0 spiro atoms. The molecule has 4 nitrogen and oxygen atoms in total. The molecule has 28 heavy (non-hydrogen) atoms. The average Bonchev–Trinajstić information content (AvgIpc) is 2.76. The molecule has 1 aromatic heterocycles. The van der Waals surface area contributed by atoms with Crippen LogP contribution in [-0.2, 0) is 19.5 Å². The van der Waals surface area contributed by atoms with Crippen LogP contribution >= 0.6 is 0 Å². The van der Waals surface area contributed by atoms with E-state index in [1.165, 1.54) is 11.1 Å². The maximum atomic E-state index is 13.0. The molecule has 2 N–H and O–H groups in total. The van der Waals surface area contributed by atoms with Gasteiger partial charge in [-0.15, -0.1) is 0 Å². The number of aromatic nitrogens is 2. The molecular formula is C24H23N3O. The first-order valence-electron chi connectivity index (χ1n) is 9.51. The second-order valence-corrected chi connectivity index (χ2v) is 7.06. The fourth-order valence-corrected chi connectivity index (χ4v) is 3.65. The summed E-state index contributed by atoms with van der Waals surface area (Å²) in [6, 6.07) is 26.2. The summed E-state index contributed by atoms with van der Waals surface area (Å²) in [5.74, 6) is 0.162. The third kappa shape index (κ3) is 3.87. The van der Waals surface area contributed by atoms with Crippen molar-refractivity contribution in [2.24, 2.45) is 5.73 Å². The van der Waals surface area contributed by atoms with Gasteiger partial charge in [-0.1, -0.05) is 66.7 Å². The van der Waals surface area contributed by atoms with Crippen LogP contribution in [0, 0.1) is 0 Å². The first-order chi connectivity index (χ1) is 13.7. The van der Waals surface area contributed by atoms with Gasteiger partial charge in [0.05, 0.1) is 17.2 Å². The Morgan fingerprint density at radius 3 is 2.46 bits per heavy atom. The number of nitrogens with zero attached hydrogens (tertiary/aromatic N) is 2. The Hall–Kier alpha value is -3.24. The van der Waals surface area contributed by atoms with Crippen molar-refractivity contribution < 1.29 is 0 Å². The highest BCUT2D eigenvalue weighted by molar-refractivity contribution is 5.76. The molecule has 4 aromatic rings. The summed E-state index contributed by atoms with van der Waals surface area (Å²) in [6.07, 6.45) is 2.49. The Balaban J connectivity index is 1.70. The lowest BCUT2D eigenvalue weighted by Crippen LogP contribution is -2.24. The van der Waals surface area contributed by atoms with Crippen molar-refractivity contribution in [1.29, 1.82) is 0 Å². The lowest BCUT2D eigenvalue weighted by molar-refractivity contribution is 0.540. The molecule has 0 radical (unpaired) electrons. The van der Waals surface area contributed by atoms with Crippen LogP contribution in [0.2, 0.25) is 0 Å². The smallest absolute Gasteiger partial charge is 0.261 e. The molecule has 4 heteroatoms. The van der Waals surface area contributed by atoms with Gasteiger partial charge in [-0.2, -0.15) is 0 Å². The minimum Gasteiger partial charge on any atom is -0.326 e. The molecule has 0 saturated heterocycles. The summed E-state index contributed by atoms with van der Waals surface area (Å²) in [6.45, 7) is 1.10. The highest BCUT2D eigenvalue weighted by Crippen LogP contribution is 2.23. The monoisotopic (exact) mass is 369 g/mol. The maximum Gasteiger partial charge on any atom is 0.261 e. The van der Waals surface area contributed by atoms with Gasteiger partial charge >= 0.3 is 0 Å². The van der Waals surface area contributed by atoms with Crippen molar-refractivity contribution in [3.8, 4) is 0 Å². The SMILES string of the molecule is NCc1cccc(CC(Cn2cnc3ccccc3c2=O)c2ccccc2)c1. The Morgan fingerprint density at radius 1 is 0.893 bits per heavy atom. The summed E-state index contributed by atoms with van der Waals surface area (Å²) in [4.78, 5) is 17.4. The van der Waals surface area contributed by atoms with Gasteiger partial charge in [0, 0.05) is 19.0 Å². The summed E-state index contributed by atoms with van der Waals surface area (Å²) in [7, 11) is 0. The molecule has 0 bridgehead atoms. The fourth-order valence-electron chi connectivity index (χ4n) is 3.65. The van der Waals surface area contributed by atoms with Crippen LogP contribution in [0.4, 0.5) is 0 Å². The van der Waals surface area contributed by atoms with Crippen molar-refractivity contribution >= 4 is 10.9 Å². The maximum absolute atomic E-state index is 13.0. The van der Waals surface area contributed by atoms with Crippen molar-refractivity contribution in [3.63, 3.8) is 0 Å². The normalized spacial score (nSPS) is 12.2. The number of hydrogen-bond acceptors (Lipinski definition) is 3. The van der Waals surface area contributed by atoms with Crippen LogP contribution in [0.25, 0.3) is 10.9 Å². The van der Waals surface area contributed by atoms with Crippen molar-refractivity contribution in [2.45, 2.75) is 25.4 Å². The molecule has 140 valence electrons. The van der Waals surface area contributed by atoms with Gasteiger partial charge in [-0.3, -0.25) is 9.36 Å². The number of fused-ring (bicyclic) bond motifs is 1. The zero-order chi connectivity index (χ0) is 19.3. The predicted octanol–water partition coefficient (Wildman–Crippen LogP) is 3.88. The van der Waals surface area contributed by atoms with Crippen molar-refractivity contribution in [3.05, 3.63) is 112 Å². The van der Waals surface area contributed by atoms with Crippen LogP contribution in [0.5, 0.6) is 0 Å². The molecule has 0 fully saturated rings. The quantitative estimate of drug-likeness (QED) is 0.561. The van der Waals surface area contributed by atoms with Gasteiger partial charge in [0.25, 0.3) is 5.56 Å². The zero-order valence-corrected chi connectivity index (χ0v) is 15.7. The standard InChI is InChI=1S/C24H23N3O/c25-15-19-8-6-7-18(13-19)14-21(20-9-2-1-3-10-20)16-27-17-26-23-12-5-4-11-22(23)24(27)28/h1-13,17,21H,14-16,25H2. The lowest BCUT2D eigenvalue weighted by atomic mass is 9.91.